The van der Waals surface area contributed by atoms with Crippen molar-refractivity contribution in [3.8, 4) is 0 Å². The van der Waals surface area contributed by atoms with Gasteiger partial charge in [0.1, 0.15) is 0 Å². The van der Waals surface area contributed by atoms with Crippen molar-refractivity contribution >= 4 is 23.3 Å². The number of hydrogen-bond acceptors (Lipinski definition) is 1. The molecule has 0 bridgehead atoms. The summed E-state index contributed by atoms with van der Waals surface area (Å²) in [5.41, 5.74) is 3.74. The molecule has 0 saturated heterocycles. The summed E-state index contributed by atoms with van der Waals surface area (Å²) in [6.07, 6.45) is 6.94. The maximum Gasteiger partial charge on any atom is 0.178 e. The van der Waals surface area contributed by atoms with E-state index in [1.54, 1.807) is 0 Å². The molecule has 0 radical (unpaired) electrons. The van der Waals surface area contributed by atoms with Crippen LogP contribution in [0.1, 0.15) is 37.7 Å². The zero-order chi connectivity index (χ0) is 12.5. The first-order chi connectivity index (χ1) is 8.75. The molecule has 0 spiro atoms. The third-order valence-corrected chi connectivity index (χ3v) is 4.58. The van der Waals surface area contributed by atoms with E-state index in [4.69, 9.17) is 12.2 Å². The van der Waals surface area contributed by atoms with Crippen LogP contribution >= 0.6 is 12.2 Å². The number of nitrogens with one attached hydrogen (secondary N) is 1. The van der Waals surface area contributed by atoms with Crippen LogP contribution in [0, 0.1) is 17.6 Å². The second-order valence-electron chi connectivity index (χ2n) is 5.49. The monoisotopic (exact) mass is 260 g/mol. The number of rotatable bonds is 3. The van der Waals surface area contributed by atoms with Crippen molar-refractivity contribution in [2.45, 2.75) is 45.6 Å². The van der Waals surface area contributed by atoms with Crippen LogP contribution < -0.4 is 0 Å². The van der Waals surface area contributed by atoms with E-state index in [1.807, 2.05) is 0 Å². The van der Waals surface area contributed by atoms with Crippen molar-refractivity contribution in [1.29, 1.82) is 0 Å². The van der Waals surface area contributed by atoms with Gasteiger partial charge in [0.05, 0.1) is 11.0 Å². The van der Waals surface area contributed by atoms with Gasteiger partial charge in [-0.1, -0.05) is 37.8 Å². The number of H-pyrrole nitrogens is 1. The third kappa shape index (κ3) is 2.12. The number of hydrogen-bond donors (Lipinski definition) is 1. The van der Waals surface area contributed by atoms with Crippen molar-refractivity contribution in [1.82, 2.24) is 9.55 Å². The first kappa shape index (κ1) is 12.0. The summed E-state index contributed by atoms with van der Waals surface area (Å²) < 4.78 is 3.15. The van der Waals surface area contributed by atoms with E-state index in [9.17, 15) is 0 Å². The smallest absolute Gasteiger partial charge is 0.178 e. The van der Waals surface area contributed by atoms with Gasteiger partial charge in [0.25, 0.3) is 0 Å². The molecule has 1 N–H and O–H groups in total. The van der Waals surface area contributed by atoms with Crippen LogP contribution in [0.15, 0.2) is 18.2 Å². The largest absolute Gasteiger partial charge is 0.330 e. The molecular weight excluding hydrogens is 240 g/mol. The first-order valence-corrected chi connectivity index (χ1v) is 7.34. The molecule has 96 valence electrons. The SMILES string of the molecule is Cc1cccc2c1[nH]c(=S)n2CCC1CCCC1. The van der Waals surface area contributed by atoms with Crippen molar-refractivity contribution in [2.24, 2.45) is 5.92 Å². The Morgan fingerprint density at radius 2 is 2.11 bits per heavy atom. The van der Waals surface area contributed by atoms with Gasteiger partial charge in [-0.25, -0.2) is 0 Å². The number of imidazole rings is 1. The van der Waals surface area contributed by atoms with E-state index >= 15 is 0 Å². The second-order valence-corrected chi connectivity index (χ2v) is 5.88. The number of benzene rings is 1. The molecule has 0 unspecified atom stereocenters. The molecule has 2 nitrogen and oxygen atoms in total. The highest BCUT2D eigenvalue weighted by atomic mass is 32.1. The van der Waals surface area contributed by atoms with Crippen LogP contribution in [0.5, 0.6) is 0 Å². The highest BCUT2D eigenvalue weighted by Crippen LogP contribution is 2.28. The van der Waals surface area contributed by atoms with Crippen LogP contribution in [0.3, 0.4) is 0 Å². The lowest BCUT2D eigenvalue weighted by Crippen LogP contribution is -2.03. The number of aromatic nitrogens is 2. The summed E-state index contributed by atoms with van der Waals surface area (Å²) in [5, 5.41) is 0. The van der Waals surface area contributed by atoms with Gasteiger partial charge in [-0.15, -0.1) is 0 Å². The molecule has 0 aliphatic heterocycles. The lowest BCUT2D eigenvalue weighted by Gasteiger charge is -2.10. The van der Waals surface area contributed by atoms with Gasteiger partial charge in [-0.3, -0.25) is 0 Å². The first-order valence-electron chi connectivity index (χ1n) is 6.94. The number of para-hydroxylation sites is 1. The maximum absolute atomic E-state index is 5.46. The fourth-order valence-corrected chi connectivity index (χ4v) is 3.45. The van der Waals surface area contributed by atoms with Crippen molar-refractivity contribution in [3.05, 3.63) is 28.5 Å². The molecule has 1 aromatic carbocycles. The van der Waals surface area contributed by atoms with Gasteiger partial charge in [-0.05, 0) is 43.1 Å². The molecule has 18 heavy (non-hydrogen) atoms. The molecule has 1 aliphatic carbocycles. The summed E-state index contributed by atoms with van der Waals surface area (Å²) in [5.74, 6) is 0.918. The van der Waals surface area contributed by atoms with E-state index in [0.717, 1.165) is 17.2 Å². The molecule has 1 aromatic heterocycles. The van der Waals surface area contributed by atoms with E-state index < -0.39 is 0 Å². The molecule has 1 fully saturated rings. The van der Waals surface area contributed by atoms with Crippen molar-refractivity contribution < 1.29 is 0 Å². The van der Waals surface area contributed by atoms with Gasteiger partial charge < -0.3 is 9.55 Å². The standard InChI is InChI=1S/C15H20N2S/c1-11-5-4-8-13-14(11)16-15(18)17(13)10-9-12-6-2-3-7-12/h4-5,8,12H,2-3,6-7,9-10H2,1H3,(H,16,18). The van der Waals surface area contributed by atoms with E-state index in [-0.39, 0.29) is 0 Å². The number of aryl methyl sites for hydroxylation is 2. The summed E-state index contributed by atoms with van der Waals surface area (Å²) in [7, 11) is 0. The molecular formula is C15H20N2S. The molecule has 2 aromatic rings. The highest BCUT2D eigenvalue weighted by molar-refractivity contribution is 7.71. The van der Waals surface area contributed by atoms with E-state index in [1.165, 1.54) is 48.7 Å². The lowest BCUT2D eigenvalue weighted by atomic mass is 10.0. The fraction of sp³-hybridized carbons (Fsp3) is 0.533. The fourth-order valence-electron chi connectivity index (χ4n) is 3.16. The van der Waals surface area contributed by atoms with Gasteiger partial charge in [0.15, 0.2) is 4.77 Å². The zero-order valence-electron chi connectivity index (χ0n) is 10.9. The van der Waals surface area contributed by atoms with E-state index in [0.29, 0.717) is 0 Å². The van der Waals surface area contributed by atoms with Gasteiger partial charge in [0.2, 0.25) is 0 Å². The lowest BCUT2D eigenvalue weighted by molar-refractivity contribution is 0.461. The Bertz CT molecular complexity index is 602. The average molecular weight is 260 g/mol. The Hall–Kier alpha value is -1.09. The summed E-state index contributed by atoms with van der Waals surface area (Å²) in [4.78, 5) is 3.35. The minimum atomic E-state index is 0.872. The van der Waals surface area contributed by atoms with Crippen LogP contribution in [-0.4, -0.2) is 9.55 Å². The van der Waals surface area contributed by atoms with Crippen LogP contribution in [0.25, 0.3) is 11.0 Å². The predicted molar refractivity (Wildman–Crippen MR) is 78.4 cm³/mol. The van der Waals surface area contributed by atoms with Crippen LogP contribution in [-0.2, 0) is 6.54 Å². The Kier molecular flexibility index (Phi) is 3.25. The van der Waals surface area contributed by atoms with E-state index in [2.05, 4.69) is 34.7 Å². The highest BCUT2D eigenvalue weighted by Gasteiger charge is 2.15. The van der Waals surface area contributed by atoms with Crippen LogP contribution in [0.2, 0.25) is 0 Å². The number of fused-ring (bicyclic) bond motifs is 1. The molecule has 3 rings (SSSR count). The summed E-state index contributed by atoms with van der Waals surface area (Å²) >= 11 is 5.46. The topological polar surface area (TPSA) is 20.7 Å². The van der Waals surface area contributed by atoms with Crippen molar-refractivity contribution in [2.75, 3.05) is 0 Å². The predicted octanol–water partition coefficient (Wildman–Crippen LogP) is 4.59. The number of nitrogens with zero attached hydrogens (tertiary/aromatic N) is 1. The third-order valence-electron chi connectivity index (χ3n) is 4.25. The number of aromatic amines is 1. The molecule has 0 atom stereocenters. The minimum Gasteiger partial charge on any atom is -0.330 e. The quantitative estimate of drug-likeness (QED) is 0.801. The summed E-state index contributed by atoms with van der Waals surface area (Å²) in [6.45, 7) is 3.20. The Morgan fingerprint density at radius 1 is 1.33 bits per heavy atom. The molecule has 1 saturated carbocycles. The Balaban J connectivity index is 1.89. The van der Waals surface area contributed by atoms with Crippen LogP contribution in [0.4, 0.5) is 0 Å². The van der Waals surface area contributed by atoms with Gasteiger partial charge in [0, 0.05) is 6.54 Å². The average Bonchev–Trinajstić information content (AvgIpc) is 2.95. The molecule has 1 aliphatic rings. The Morgan fingerprint density at radius 3 is 2.89 bits per heavy atom. The molecule has 0 amide bonds. The minimum absolute atomic E-state index is 0.872. The zero-order valence-corrected chi connectivity index (χ0v) is 11.7. The molecule has 1 heterocycles. The summed E-state index contributed by atoms with van der Waals surface area (Å²) in [6, 6.07) is 6.42. The van der Waals surface area contributed by atoms with Gasteiger partial charge in [-0.2, -0.15) is 0 Å². The van der Waals surface area contributed by atoms with Crippen molar-refractivity contribution in [3.63, 3.8) is 0 Å². The normalized spacial score (nSPS) is 16.7. The molecule has 3 heteroatoms. The Labute approximate surface area is 113 Å². The van der Waals surface area contributed by atoms with Gasteiger partial charge >= 0.3 is 0 Å². The maximum atomic E-state index is 5.46. The second kappa shape index (κ2) is 4.88.